The molecule has 3 rings (SSSR count). The lowest BCUT2D eigenvalue weighted by atomic mass is 10.1. The molecule has 0 aliphatic heterocycles. The molecule has 1 heterocycles. The second-order valence-corrected chi connectivity index (χ2v) is 4.92. The maximum absolute atomic E-state index is 5.79. The highest BCUT2D eigenvalue weighted by Gasteiger charge is 2.04. The first-order chi connectivity index (χ1) is 9.70. The van der Waals surface area contributed by atoms with Gasteiger partial charge in [-0.3, -0.25) is 0 Å². The fourth-order valence-electron chi connectivity index (χ4n) is 2.20. The van der Waals surface area contributed by atoms with Gasteiger partial charge in [-0.15, -0.1) is 5.10 Å². The molecule has 0 bridgehead atoms. The van der Waals surface area contributed by atoms with Crippen molar-refractivity contribution >= 4 is 5.69 Å². The molecule has 0 unspecified atom stereocenters. The van der Waals surface area contributed by atoms with Gasteiger partial charge < -0.3 is 5.73 Å². The van der Waals surface area contributed by atoms with Crippen LogP contribution < -0.4 is 5.73 Å². The number of nitrogens with two attached hydrogens (primary N) is 1. The number of hydrogen-bond acceptors (Lipinski definition) is 3. The van der Waals surface area contributed by atoms with Gasteiger partial charge >= 0.3 is 0 Å². The van der Waals surface area contributed by atoms with Crippen LogP contribution in [0.5, 0.6) is 0 Å². The van der Waals surface area contributed by atoms with Gasteiger partial charge in [-0.25, -0.2) is 4.68 Å². The summed E-state index contributed by atoms with van der Waals surface area (Å²) in [6, 6.07) is 16.1. The normalized spacial score (nSPS) is 10.7. The van der Waals surface area contributed by atoms with E-state index >= 15 is 0 Å². The monoisotopic (exact) mass is 264 g/mol. The highest BCUT2D eigenvalue weighted by molar-refractivity contribution is 5.62. The quantitative estimate of drug-likeness (QED) is 0.740. The summed E-state index contributed by atoms with van der Waals surface area (Å²) in [4.78, 5) is 0. The van der Waals surface area contributed by atoms with Crippen molar-refractivity contribution in [3.63, 3.8) is 0 Å². The number of aryl methyl sites for hydroxylation is 1. The van der Waals surface area contributed by atoms with E-state index in [2.05, 4.69) is 41.5 Å². The molecule has 0 saturated carbocycles. The molecule has 0 radical (unpaired) electrons. The van der Waals surface area contributed by atoms with Crippen LogP contribution in [0.2, 0.25) is 0 Å². The smallest absolute Gasteiger partial charge is 0.113 e. The maximum Gasteiger partial charge on any atom is 0.113 e. The van der Waals surface area contributed by atoms with E-state index in [0.717, 1.165) is 23.5 Å². The Kier molecular flexibility index (Phi) is 3.21. The molecular weight excluding hydrogens is 248 g/mol. The second kappa shape index (κ2) is 5.17. The molecular formula is C16H16N4. The van der Waals surface area contributed by atoms with Crippen LogP contribution in [0.3, 0.4) is 0 Å². The Morgan fingerprint density at radius 1 is 1.10 bits per heavy atom. The molecule has 0 spiro atoms. The first kappa shape index (κ1) is 12.4. The van der Waals surface area contributed by atoms with Crippen molar-refractivity contribution in [2.45, 2.75) is 13.5 Å². The third-order valence-electron chi connectivity index (χ3n) is 3.15. The Hall–Kier alpha value is -2.62. The van der Waals surface area contributed by atoms with E-state index in [1.165, 1.54) is 11.1 Å². The molecule has 4 heteroatoms. The first-order valence-corrected chi connectivity index (χ1v) is 6.52. The fraction of sp³-hybridized carbons (Fsp3) is 0.125. The fourth-order valence-corrected chi connectivity index (χ4v) is 2.20. The summed E-state index contributed by atoms with van der Waals surface area (Å²) in [5.41, 5.74) is 10.8. The minimum atomic E-state index is 0.719. The number of aromatic nitrogens is 3. The van der Waals surface area contributed by atoms with E-state index in [0.29, 0.717) is 0 Å². The molecule has 20 heavy (non-hydrogen) atoms. The van der Waals surface area contributed by atoms with Gasteiger partial charge in [0.25, 0.3) is 0 Å². The summed E-state index contributed by atoms with van der Waals surface area (Å²) in [5.74, 6) is 0. The summed E-state index contributed by atoms with van der Waals surface area (Å²) in [6.45, 7) is 2.81. The molecule has 0 amide bonds. The van der Waals surface area contributed by atoms with Gasteiger partial charge in [0.2, 0.25) is 0 Å². The molecule has 0 saturated heterocycles. The van der Waals surface area contributed by atoms with E-state index in [1.807, 2.05) is 35.1 Å². The third kappa shape index (κ3) is 2.69. The van der Waals surface area contributed by atoms with Crippen LogP contribution in [0.15, 0.2) is 54.7 Å². The van der Waals surface area contributed by atoms with Crippen LogP contribution in [0.1, 0.15) is 11.1 Å². The zero-order chi connectivity index (χ0) is 13.9. The molecule has 100 valence electrons. The number of benzene rings is 2. The summed E-state index contributed by atoms with van der Waals surface area (Å²) in [7, 11) is 0. The Morgan fingerprint density at radius 2 is 1.95 bits per heavy atom. The van der Waals surface area contributed by atoms with Crippen LogP contribution in [0.4, 0.5) is 5.69 Å². The third-order valence-corrected chi connectivity index (χ3v) is 3.15. The van der Waals surface area contributed by atoms with Crippen LogP contribution >= 0.6 is 0 Å². The SMILES string of the molecule is Cc1cccc(Cn2cc(-c3cccc(N)c3)nn2)c1. The molecule has 1 aromatic heterocycles. The summed E-state index contributed by atoms with van der Waals surface area (Å²) < 4.78 is 1.84. The number of rotatable bonds is 3. The predicted molar refractivity (Wildman–Crippen MR) is 80.2 cm³/mol. The van der Waals surface area contributed by atoms with Crippen LogP contribution in [0.25, 0.3) is 11.3 Å². The van der Waals surface area contributed by atoms with E-state index in [1.54, 1.807) is 0 Å². The largest absolute Gasteiger partial charge is 0.399 e. The van der Waals surface area contributed by atoms with E-state index in [9.17, 15) is 0 Å². The van der Waals surface area contributed by atoms with Gasteiger partial charge in [0.1, 0.15) is 5.69 Å². The molecule has 3 aromatic rings. The maximum atomic E-state index is 5.79. The average Bonchev–Trinajstić information content (AvgIpc) is 2.87. The number of hydrogen-bond donors (Lipinski definition) is 1. The highest BCUT2D eigenvalue weighted by atomic mass is 15.4. The van der Waals surface area contributed by atoms with Gasteiger partial charge in [0.15, 0.2) is 0 Å². The zero-order valence-corrected chi connectivity index (χ0v) is 11.3. The van der Waals surface area contributed by atoms with Crippen molar-refractivity contribution < 1.29 is 0 Å². The van der Waals surface area contributed by atoms with Gasteiger partial charge in [-0.2, -0.15) is 0 Å². The summed E-state index contributed by atoms with van der Waals surface area (Å²) in [5, 5.41) is 8.38. The van der Waals surface area contributed by atoms with Crippen LogP contribution in [-0.2, 0) is 6.54 Å². The van der Waals surface area contributed by atoms with Crippen molar-refractivity contribution in [3.8, 4) is 11.3 Å². The first-order valence-electron chi connectivity index (χ1n) is 6.52. The predicted octanol–water partition coefficient (Wildman–Crippen LogP) is 2.88. The molecule has 0 atom stereocenters. The molecule has 0 fully saturated rings. The van der Waals surface area contributed by atoms with Crippen LogP contribution in [-0.4, -0.2) is 15.0 Å². The van der Waals surface area contributed by atoms with E-state index in [4.69, 9.17) is 5.73 Å². The standard InChI is InChI=1S/C16H16N4/c1-12-4-2-5-13(8-12)10-20-11-16(18-19-20)14-6-3-7-15(17)9-14/h2-9,11H,10,17H2,1H3. The molecule has 2 N–H and O–H groups in total. The van der Waals surface area contributed by atoms with Crippen molar-refractivity contribution in [3.05, 3.63) is 65.9 Å². The summed E-state index contributed by atoms with van der Waals surface area (Å²) in [6.07, 6.45) is 1.94. The minimum Gasteiger partial charge on any atom is -0.399 e. The lowest BCUT2D eigenvalue weighted by Crippen LogP contribution is -2.00. The van der Waals surface area contributed by atoms with E-state index < -0.39 is 0 Å². The molecule has 4 nitrogen and oxygen atoms in total. The summed E-state index contributed by atoms with van der Waals surface area (Å²) >= 11 is 0. The lowest BCUT2D eigenvalue weighted by molar-refractivity contribution is 0.649. The Labute approximate surface area is 117 Å². The Morgan fingerprint density at radius 3 is 2.75 bits per heavy atom. The minimum absolute atomic E-state index is 0.719. The van der Waals surface area contributed by atoms with Gasteiger partial charge in [0.05, 0.1) is 12.7 Å². The zero-order valence-electron chi connectivity index (χ0n) is 11.3. The molecule has 0 aliphatic carbocycles. The Bertz CT molecular complexity index is 731. The van der Waals surface area contributed by atoms with Gasteiger partial charge in [-0.05, 0) is 24.6 Å². The van der Waals surface area contributed by atoms with Gasteiger partial charge in [0, 0.05) is 11.3 Å². The van der Waals surface area contributed by atoms with Crippen LogP contribution in [0, 0.1) is 6.92 Å². The number of anilines is 1. The lowest BCUT2D eigenvalue weighted by Gasteiger charge is -2.01. The average molecular weight is 264 g/mol. The van der Waals surface area contributed by atoms with E-state index in [-0.39, 0.29) is 0 Å². The van der Waals surface area contributed by atoms with Crippen molar-refractivity contribution in [2.75, 3.05) is 5.73 Å². The molecule has 2 aromatic carbocycles. The van der Waals surface area contributed by atoms with Crippen molar-refractivity contribution in [1.82, 2.24) is 15.0 Å². The number of nitrogen functional groups attached to an aromatic ring is 1. The second-order valence-electron chi connectivity index (χ2n) is 4.92. The van der Waals surface area contributed by atoms with Crippen molar-refractivity contribution in [2.24, 2.45) is 0 Å². The van der Waals surface area contributed by atoms with Crippen molar-refractivity contribution in [1.29, 1.82) is 0 Å². The van der Waals surface area contributed by atoms with Gasteiger partial charge in [-0.1, -0.05) is 47.2 Å². The number of nitrogens with zero attached hydrogens (tertiary/aromatic N) is 3. The highest BCUT2D eigenvalue weighted by Crippen LogP contribution is 2.18. The topological polar surface area (TPSA) is 56.7 Å². The molecule has 0 aliphatic rings. The Balaban J connectivity index is 1.84.